The van der Waals surface area contributed by atoms with E-state index in [9.17, 15) is 0 Å². The normalized spacial score (nSPS) is 11.9. The van der Waals surface area contributed by atoms with Crippen molar-refractivity contribution in [3.8, 4) is 11.3 Å². The van der Waals surface area contributed by atoms with E-state index in [4.69, 9.17) is 10.2 Å². The lowest BCUT2D eigenvalue weighted by Crippen LogP contribution is -2.36. The van der Waals surface area contributed by atoms with Crippen molar-refractivity contribution < 1.29 is 4.42 Å². The predicted octanol–water partition coefficient (Wildman–Crippen LogP) is 2.64. The number of hydrogen-bond donors (Lipinski definition) is 2. The molecule has 0 saturated carbocycles. The first kappa shape index (κ1) is 11.0. The molecule has 0 aliphatic rings. The number of hydrogen-bond acceptors (Lipinski definition) is 3. The van der Waals surface area contributed by atoms with Gasteiger partial charge < -0.3 is 15.1 Å². The minimum absolute atomic E-state index is 0.359. The fourth-order valence-corrected chi connectivity index (χ4v) is 1.72. The second-order valence-corrected chi connectivity index (χ2v) is 4.02. The number of nitrogens with zero attached hydrogens (tertiary/aromatic N) is 1. The van der Waals surface area contributed by atoms with Gasteiger partial charge in [0.25, 0.3) is 0 Å². The standard InChI is InChI=1S/C12H17N3O/c1-3-12(13,4-2)11-14-7-10(15-11)9-5-6-16-8-9/h5-8H,3-4,13H2,1-2H3,(H,14,15). The second-order valence-electron chi connectivity index (χ2n) is 4.02. The van der Waals surface area contributed by atoms with Crippen molar-refractivity contribution in [2.45, 2.75) is 32.2 Å². The largest absolute Gasteiger partial charge is 0.472 e. The highest BCUT2D eigenvalue weighted by Gasteiger charge is 2.26. The average Bonchev–Trinajstić information content (AvgIpc) is 2.97. The topological polar surface area (TPSA) is 67.8 Å². The Morgan fingerprint density at radius 3 is 2.75 bits per heavy atom. The van der Waals surface area contributed by atoms with E-state index in [2.05, 4.69) is 23.8 Å². The van der Waals surface area contributed by atoms with Crippen molar-refractivity contribution in [2.75, 3.05) is 0 Å². The Morgan fingerprint density at radius 2 is 2.19 bits per heavy atom. The van der Waals surface area contributed by atoms with E-state index in [0.29, 0.717) is 0 Å². The smallest absolute Gasteiger partial charge is 0.126 e. The molecule has 2 rings (SSSR count). The lowest BCUT2D eigenvalue weighted by atomic mass is 9.93. The third-order valence-corrected chi connectivity index (χ3v) is 3.14. The van der Waals surface area contributed by atoms with Gasteiger partial charge in [0.2, 0.25) is 0 Å². The molecule has 0 atom stereocenters. The Labute approximate surface area is 94.9 Å². The highest BCUT2D eigenvalue weighted by atomic mass is 16.3. The predicted molar refractivity (Wildman–Crippen MR) is 62.7 cm³/mol. The van der Waals surface area contributed by atoms with Crippen LogP contribution < -0.4 is 5.73 Å². The molecule has 16 heavy (non-hydrogen) atoms. The van der Waals surface area contributed by atoms with Crippen molar-refractivity contribution in [1.82, 2.24) is 9.97 Å². The molecule has 0 fully saturated rings. The molecule has 2 aromatic rings. The van der Waals surface area contributed by atoms with Crippen LogP contribution in [0.3, 0.4) is 0 Å². The Bertz CT molecular complexity index is 441. The Balaban J connectivity index is 2.33. The van der Waals surface area contributed by atoms with Crippen LogP contribution in [0.1, 0.15) is 32.5 Å². The lowest BCUT2D eigenvalue weighted by Gasteiger charge is -2.23. The highest BCUT2D eigenvalue weighted by Crippen LogP contribution is 2.25. The maximum absolute atomic E-state index is 6.27. The number of aromatic nitrogens is 2. The first-order chi connectivity index (χ1) is 7.69. The zero-order valence-electron chi connectivity index (χ0n) is 9.66. The van der Waals surface area contributed by atoms with Crippen LogP contribution in [0.15, 0.2) is 29.2 Å². The number of rotatable bonds is 4. The second kappa shape index (κ2) is 4.14. The number of furan rings is 1. The Kier molecular flexibility index (Phi) is 2.83. The molecule has 0 radical (unpaired) electrons. The summed E-state index contributed by atoms with van der Waals surface area (Å²) < 4.78 is 5.04. The molecular weight excluding hydrogens is 202 g/mol. The molecule has 0 unspecified atom stereocenters. The van der Waals surface area contributed by atoms with Crippen molar-refractivity contribution >= 4 is 0 Å². The van der Waals surface area contributed by atoms with Crippen LogP contribution in [0.25, 0.3) is 11.3 Å². The van der Waals surface area contributed by atoms with Gasteiger partial charge in [0.1, 0.15) is 5.82 Å². The van der Waals surface area contributed by atoms with Gasteiger partial charge in [0.15, 0.2) is 0 Å². The van der Waals surface area contributed by atoms with Gasteiger partial charge in [-0.3, -0.25) is 0 Å². The van der Waals surface area contributed by atoms with Crippen LogP contribution in [0, 0.1) is 0 Å². The summed E-state index contributed by atoms with van der Waals surface area (Å²) in [6, 6.07) is 1.90. The summed E-state index contributed by atoms with van der Waals surface area (Å²) in [6.45, 7) is 4.15. The molecule has 2 aromatic heterocycles. The van der Waals surface area contributed by atoms with Crippen molar-refractivity contribution in [3.05, 3.63) is 30.6 Å². The quantitative estimate of drug-likeness (QED) is 0.830. The Hall–Kier alpha value is -1.55. The zero-order chi connectivity index (χ0) is 11.6. The number of H-pyrrole nitrogens is 1. The van der Waals surface area contributed by atoms with Crippen LogP contribution in [0.4, 0.5) is 0 Å². The summed E-state index contributed by atoms with van der Waals surface area (Å²) in [7, 11) is 0. The van der Waals surface area contributed by atoms with Gasteiger partial charge in [-0.2, -0.15) is 0 Å². The van der Waals surface area contributed by atoms with E-state index in [-0.39, 0.29) is 5.54 Å². The van der Waals surface area contributed by atoms with Crippen LogP contribution in [-0.4, -0.2) is 9.97 Å². The van der Waals surface area contributed by atoms with Crippen LogP contribution in [0.2, 0.25) is 0 Å². The van der Waals surface area contributed by atoms with Crippen LogP contribution >= 0.6 is 0 Å². The molecule has 3 N–H and O–H groups in total. The van der Waals surface area contributed by atoms with E-state index in [1.807, 2.05) is 6.07 Å². The molecule has 0 saturated heterocycles. The molecular formula is C12H17N3O. The van der Waals surface area contributed by atoms with Crippen molar-refractivity contribution in [1.29, 1.82) is 0 Å². The van der Waals surface area contributed by atoms with Gasteiger partial charge in [0, 0.05) is 5.56 Å². The Morgan fingerprint density at radius 1 is 1.44 bits per heavy atom. The molecule has 0 aliphatic carbocycles. The van der Waals surface area contributed by atoms with Gasteiger partial charge in [0.05, 0.1) is 30.0 Å². The SMILES string of the molecule is CCC(N)(CC)c1ncc(-c2ccoc2)[nH]1. The average molecular weight is 219 g/mol. The van der Waals surface area contributed by atoms with E-state index in [0.717, 1.165) is 29.9 Å². The molecule has 0 aliphatic heterocycles. The maximum atomic E-state index is 6.27. The number of aromatic amines is 1. The molecule has 0 amide bonds. The van der Waals surface area contributed by atoms with E-state index in [1.54, 1.807) is 18.7 Å². The fraction of sp³-hybridized carbons (Fsp3) is 0.417. The molecule has 4 heteroatoms. The number of nitrogens with two attached hydrogens (primary N) is 1. The summed E-state index contributed by atoms with van der Waals surface area (Å²) in [4.78, 5) is 7.63. The van der Waals surface area contributed by atoms with E-state index < -0.39 is 0 Å². The van der Waals surface area contributed by atoms with Gasteiger partial charge in [-0.15, -0.1) is 0 Å². The van der Waals surface area contributed by atoms with Crippen molar-refractivity contribution in [3.63, 3.8) is 0 Å². The molecule has 0 spiro atoms. The fourth-order valence-electron chi connectivity index (χ4n) is 1.72. The van der Waals surface area contributed by atoms with Crippen LogP contribution in [0.5, 0.6) is 0 Å². The highest BCUT2D eigenvalue weighted by molar-refractivity contribution is 5.56. The number of nitrogens with one attached hydrogen (secondary N) is 1. The van der Waals surface area contributed by atoms with Crippen molar-refractivity contribution in [2.24, 2.45) is 5.73 Å². The van der Waals surface area contributed by atoms with Crippen LogP contribution in [-0.2, 0) is 5.54 Å². The summed E-state index contributed by atoms with van der Waals surface area (Å²) in [5, 5.41) is 0. The summed E-state index contributed by atoms with van der Waals surface area (Å²) in [5.41, 5.74) is 7.85. The number of imidazole rings is 1. The van der Waals surface area contributed by atoms with Gasteiger partial charge in [-0.1, -0.05) is 13.8 Å². The first-order valence-electron chi connectivity index (χ1n) is 5.56. The van der Waals surface area contributed by atoms with E-state index >= 15 is 0 Å². The van der Waals surface area contributed by atoms with E-state index in [1.165, 1.54) is 0 Å². The van der Waals surface area contributed by atoms with Gasteiger partial charge >= 0.3 is 0 Å². The van der Waals surface area contributed by atoms with Gasteiger partial charge in [-0.25, -0.2) is 4.98 Å². The summed E-state index contributed by atoms with van der Waals surface area (Å²) in [5.74, 6) is 0.841. The zero-order valence-corrected chi connectivity index (χ0v) is 9.66. The molecule has 86 valence electrons. The summed E-state index contributed by atoms with van der Waals surface area (Å²) >= 11 is 0. The first-order valence-corrected chi connectivity index (χ1v) is 5.56. The minimum Gasteiger partial charge on any atom is -0.472 e. The molecule has 4 nitrogen and oxygen atoms in total. The third-order valence-electron chi connectivity index (χ3n) is 3.14. The summed E-state index contributed by atoms with van der Waals surface area (Å²) in [6.07, 6.45) is 6.86. The molecule has 2 heterocycles. The monoisotopic (exact) mass is 219 g/mol. The third kappa shape index (κ3) is 1.76. The maximum Gasteiger partial charge on any atom is 0.126 e. The minimum atomic E-state index is -0.359. The van der Waals surface area contributed by atoms with Gasteiger partial charge in [-0.05, 0) is 18.9 Å². The molecule has 0 bridgehead atoms. The molecule has 0 aromatic carbocycles. The lowest BCUT2D eigenvalue weighted by molar-refractivity contribution is 0.391.